The van der Waals surface area contributed by atoms with E-state index in [4.69, 9.17) is 0 Å². The summed E-state index contributed by atoms with van der Waals surface area (Å²) in [5.41, 5.74) is 3.85. The molecule has 0 aliphatic rings. The molecule has 0 fully saturated rings. The van der Waals surface area contributed by atoms with E-state index >= 15 is 0 Å². The van der Waals surface area contributed by atoms with Crippen molar-refractivity contribution in [1.82, 2.24) is 14.5 Å². The Bertz CT molecular complexity index is 1040. The van der Waals surface area contributed by atoms with Crippen LogP contribution >= 0.6 is 11.8 Å². The number of aromatic nitrogens is 3. The summed E-state index contributed by atoms with van der Waals surface area (Å²) in [4.78, 5) is 32.9. The van der Waals surface area contributed by atoms with Gasteiger partial charge in [-0.15, -0.1) is 0 Å². The molecule has 0 aliphatic carbocycles. The highest BCUT2D eigenvalue weighted by Crippen LogP contribution is 2.22. The van der Waals surface area contributed by atoms with Gasteiger partial charge in [0.25, 0.3) is 5.56 Å². The van der Waals surface area contributed by atoms with Crippen LogP contribution in [0.1, 0.15) is 38.1 Å². The minimum absolute atomic E-state index is 0.0515. The van der Waals surface area contributed by atoms with Crippen LogP contribution in [0.25, 0.3) is 11.0 Å². The van der Waals surface area contributed by atoms with Crippen LogP contribution in [0.2, 0.25) is 0 Å². The molecule has 2 N–H and O–H groups in total. The molecule has 0 radical (unpaired) electrons. The first-order valence-electron chi connectivity index (χ1n) is 9.03. The van der Waals surface area contributed by atoms with Gasteiger partial charge in [0.15, 0.2) is 5.16 Å². The number of hydrogen-bond acceptors (Lipinski definition) is 4. The van der Waals surface area contributed by atoms with E-state index in [1.165, 1.54) is 11.8 Å². The predicted molar refractivity (Wildman–Crippen MR) is 111 cm³/mol. The third kappa shape index (κ3) is 4.08. The number of nitrogens with one attached hydrogen (secondary N) is 2. The van der Waals surface area contributed by atoms with Gasteiger partial charge in [-0.05, 0) is 44.9 Å². The lowest BCUT2D eigenvalue weighted by Crippen LogP contribution is -2.25. The number of carbonyl (C=O) groups is 1. The topological polar surface area (TPSA) is 79.8 Å². The summed E-state index contributed by atoms with van der Waals surface area (Å²) < 4.78 is 1.64. The number of carbonyl (C=O) groups excluding carboxylic acids is 1. The van der Waals surface area contributed by atoms with Gasteiger partial charge in [0.1, 0.15) is 5.52 Å². The number of para-hydroxylation sites is 1. The quantitative estimate of drug-likeness (QED) is 0.499. The van der Waals surface area contributed by atoms with Crippen molar-refractivity contribution >= 4 is 34.4 Å². The normalized spacial score (nSPS) is 11.3. The second-order valence-corrected chi connectivity index (χ2v) is 7.67. The third-order valence-electron chi connectivity index (χ3n) is 4.31. The molecule has 27 heavy (non-hydrogen) atoms. The molecule has 0 atom stereocenters. The largest absolute Gasteiger partial charge is 0.353 e. The zero-order chi connectivity index (χ0) is 19.6. The number of H-pyrrole nitrogens is 1. The molecule has 3 aromatic rings. The summed E-state index contributed by atoms with van der Waals surface area (Å²) in [5.74, 6) is 0.0716. The SMILES string of the molecule is CCc1ccccc1NC(=O)CSc1nc2cc(C)[nH]c2c(=O)n1C(C)C. The third-order valence-corrected chi connectivity index (χ3v) is 5.26. The van der Waals surface area contributed by atoms with E-state index in [9.17, 15) is 9.59 Å². The lowest BCUT2D eigenvalue weighted by atomic mass is 10.1. The summed E-state index contributed by atoms with van der Waals surface area (Å²) >= 11 is 1.28. The van der Waals surface area contributed by atoms with Crippen LogP contribution in [0.4, 0.5) is 5.69 Å². The average molecular weight is 385 g/mol. The van der Waals surface area contributed by atoms with Gasteiger partial charge in [0, 0.05) is 17.4 Å². The summed E-state index contributed by atoms with van der Waals surface area (Å²) in [7, 11) is 0. The van der Waals surface area contributed by atoms with Gasteiger partial charge in [0.2, 0.25) is 5.91 Å². The van der Waals surface area contributed by atoms with Crippen LogP contribution in [-0.4, -0.2) is 26.2 Å². The van der Waals surface area contributed by atoms with Gasteiger partial charge >= 0.3 is 0 Å². The molecule has 0 bridgehead atoms. The molecule has 0 spiro atoms. The molecule has 142 valence electrons. The smallest absolute Gasteiger partial charge is 0.278 e. The van der Waals surface area contributed by atoms with Gasteiger partial charge < -0.3 is 10.3 Å². The maximum absolute atomic E-state index is 12.8. The lowest BCUT2D eigenvalue weighted by Gasteiger charge is -2.15. The number of rotatable bonds is 6. The van der Waals surface area contributed by atoms with Crippen molar-refractivity contribution < 1.29 is 4.79 Å². The number of amides is 1. The summed E-state index contributed by atoms with van der Waals surface area (Å²) in [5, 5.41) is 3.51. The maximum Gasteiger partial charge on any atom is 0.278 e. The fourth-order valence-electron chi connectivity index (χ4n) is 3.01. The molecule has 1 amide bonds. The second kappa shape index (κ2) is 8.00. The Morgan fingerprint density at radius 3 is 2.78 bits per heavy atom. The van der Waals surface area contributed by atoms with Crippen LogP contribution < -0.4 is 10.9 Å². The van der Waals surface area contributed by atoms with Crippen LogP contribution in [0.5, 0.6) is 0 Å². The Kier molecular flexibility index (Phi) is 5.70. The highest BCUT2D eigenvalue weighted by molar-refractivity contribution is 7.99. The molecule has 0 aliphatic heterocycles. The Balaban J connectivity index is 1.83. The summed E-state index contributed by atoms with van der Waals surface area (Å²) in [6.45, 7) is 7.82. The molecule has 0 unspecified atom stereocenters. The Hall–Kier alpha value is -2.54. The Morgan fingerprint density at radius 1 is 1.33 bits per heavy atom. The number of thioether (sulfide) groups is 1. The number of aryl methyl sites for hydroxylation is 2. The molecular weight excluding hydrogens is 360 g/mol. The van der Waals surface area contributed by atoms with Crippen molar-refractivity contribution in [3.05, 3.63) is 51.9 Å². The molecular formula is C20H24N4O2S. The van der Waals surface area contributed by atoms with Crippen molar-refractivity contribution in [1.29, 1.82) is 0 Å². The van der Waals surface area contributed by atoms with Gasteiger partial charge in [0.05, 0.1) is 11.3 Å². The predicted octanol–water partition coefficient (Wildman–Crippen LogP) is 3.91. The first kappa shape index (κ1) is 19.2. The van der Waals surface area contributed by atoms with Crippen LogP contribution in [0, 0.1) is 6.92 Å². The zero-order valence-electron chi connectivity index (χ0n) is 16.0. The van der Waals surface area contributed by atoms with Crippen molar-refractivity contribution in [2.45, 2.75) is 45.3 Å². The Morgan fingerprint density at radius 2 is 2.07 bits per heavy atom. The number of nitrogens with zero attached hydrogens (tertiary/aromatic N) is 2. The minimum atomic E-state index is -0.115. The van der Waals surface area contributed by atoms with E-state index in [1.807, 2.05) is 51.1 Å². The maximum atomic E-state index is 12.8. The first-order chi connectivity index (χ1) is 12.9. The second-order valence-electron chi connectivity index (χ2n) is 6.72. The van der Waals surface area contributed by atoms with E-state index in [0.29, 0.717) is 16.2 Å². The molecule has 3 rings (SSSR count). The molecule has 6 nitrogen and oxygen atoms in total. The van der Waals surface area contributed by atoms with Crippen molar-refractivity contribution in [2.24, 2.45) is 0 Å². The average Bonchev–Trinajstić information content (AvgIpc) is 3.01. The van der Waals surface area contributed by atoms with Crippen LogP contribution in [0.15, 0.2) is 40.3 Å². The highest BCUT2D eigenvalue weighted by Gasteiger charge is 2.17. The highest BCUT2D eigenvalue weighted by atomic mass is 32.2. The number of hydrogen-bond donors (Lipinski definition) is 2. The molecule has 0 saturated carbocycles. The number of fused-ring (bicyclic) bond motifs is 1. The van der Waals surface area contributed by atoms with Crippen LogP contribution in [-0.2, 0) is 11.2 Å². The summed E-state index contributed by atoms with van der Waals surface area (Å²) in [6.07, 6.45) is 0.849. The van der Waals surface area contributed by atoms with Gasteiger partial charge in [-0.3, -0.25) is 14.2 Å². The van der Waals surface area contributed by atoms with Gasteiger partial charge in [-0.1, -0.05) is 36.9 Å². The van der Waals surface area contributed by atoms with Crippen LogP contribution in [0.3, 0.4) is 0 Å². The monoisotopic (exact) mass is 384 g/mol. The van der Waals surface area contributed by atoms with E-state index in [-0.39, 0.29) is 23.3 Å². The van der Waals surface area contributed by atoms with Crippen molar-refractivity contribution in [3.8, 4) is 0 Å². The standard InChI is InChI=1S/C20H24N4O2S/c1-5-14-8-6-7-9-15(14)22-17(25)11-27-20-23-16-10-13(4)21-18(16)19(26)24(20)12(2)3/h6-10,12,21H,5,11H2,1-4H3,(H,22,25). The fraction of sp³-hybridized carbons (Fsp3) is 0.350. The van der Waals surface area contributed by atoms with E-state index in [2.05, 4.69) is 22.2 Å². The Labute approximate surface area is 162 Å². The molecule has 2 heterocycles. The van der Waals surface area contributed by atoms with E-state index in [0.717, 1.165) is 23.4 Å². The van der Waals surface area contributed by atoms with Crippen molar-refractivity contribution in [3.63, 3.8) is 0 Å². The number of anilines is 1. The fourth-order valence-corrected chi connectivity index (χ4v) is 3.94. The molecule has 1 aromatic carbocycles. The lowest BCUT2D eigenvalue weighted by molar-refractivity contribution is -0.113. The van der Waals surface area contributed by atoms with Gasteiger partial charge in [-0.25, -0.2) is 4.98 Å². The van der Waals surface area contributed by atoms with Crippen molar-refractivity contribution in [2.75, 3.05) is 11.1 Å². The summed E-state index contributed by atoms with van der Waals surface area (Å²) in [6, 6.07) is 9.57. The number of benzene rings is 1. The van der Waals surface area contributed by atoms with E-state index in [1.54, 1.807) is 4.57 Å². The molecule has 0 saturated heterocycles. The van der Waals surface area contributed by atoms with Gasteiger partial charge in [-0.2, -0.15) is 0 Å². The molecule has 7 heteroatoms. The first-order valence-corrected chi connectivity index (χ1v) is 10.0. The number of aromatic amines is 1. The zero-order valence-corrected chi connectivity index (χ0v) is 16.8. The van der Waals surface area contributed by atoms with E-state index < -0.39 is 0 Å². The minimum Gasteiger partial charge on any atom is -0.353 e. The molecule has 2 aromatic heterocycles.